The molecule has 0 amide bonds. The van der Waals surface area contributed by atoms with Crippen LogP contribution in [0.15, 0.2) is 18.2 Å². The van der Waals surface area contributed by atoms with Gasteiger partial charge in [-0.3, -0.25) is 0 Å². The van der Waals surface area contributed by atoms with Gasteiger partial charge in [0.05, 0.1) is 6.10 Å². The van der Waals surface area contributed by atoms with Gasteiger partial charge in [0.25, 0.3) is 0 Å². The van der Waals surface area contributed by atoms with Crippen LogP contribution >= 0.6 is 11.6 Å². The van der Waals surface area contributed by atoms with Crippen LogP contribution in [0, 0.1) is 17.2 Å². The lowest BCUT2D eigenvalue weighted by Gasteiger charge is -2.34. The second-order valence-electron chi connectivity index (χ2n) is 5.45. The van der Waals surface area contributed by atoms with Crippen molar-refractivity contribution in [2.45, 2.75) is 32.3 Å². The van der Waals surface area contributed by atoms with E-state index in [9.17, 15) is 9.50 Å². The van der Waals surface area contributed by atoms with Crippen LogP contribution in [0.25, 0.3) is 0 Å². The first-order valence-corrected chi connectivity index (χ1v) is 6.70. The molecule has 3 unspecified atom stereocenters. The van der Waals surface area contributed by atoms with Gasteiger partial charge in [0, 0.05) is 22.5 Å². The summed E-state index contributed by atoms with van der Waals surface area (Å²) in [6.45, 7) is 2.48. The van der Waals surface area contributed by atoms with Crippen molar-refractivity contribution in [2.24, 2.45) is 17.1 Å². The first-order valence-electron chi connectivity index (χ1n) is 6.32. The molecule has 1 saturated carbocycles. The van der Waals surface area contributed by atoms with Gasteiger partial charge in [0.1, 0.15) is 5.82 Å². The third kappa shape index (κ3) is 2.27. The second-order valence-corrected chi connectivity index (χ2v) is 5.86. The van der Waals surface area contributed by atoms with E-state index in [1.165, 1.54) is 6.07 Å². The molecule has 2 rings (SSSR count). The van der Waals surface area contributed by atoms with Crippen molar-refractivity contribution in [3.8, 4) is 0 Å². The summed E-state index contributed by atoms with van der Waals surface area (Å²) in [5, 5.41) is 10.8. The Hall–Kier alpha value is -0.640. The standard InChI is InChI=1S/C14H19ClFNO/c1-9-5-6-14(7-9,8-17)13(18)12-10(15)3-2-4-11(12)16/h2-4,9,13,18H,5-8,17H2,1H3. The lowest BCUT2D eigenvalue weighted by atomic mass is 9.76. The van der Waals surface area contributed by atoms with Gasteiger partial charge in [-0.25, -0.2) is 4.39 Å². The Morgan fingerprint density at radius 2 is 2.33 bits per heavy atom. The molecule has 1 aliphatic rings. The van der Waals surface area contributed by atoms with Gasteiger partial charge >= 0.3 is 0 Å². The molecule has 3 atom stereocenters. The van der Waals surface area contributed by atoms with Gasteiger partial charge in [-0.05, 0) is 30.9 Å². The van der Waals surface area contributed by atoms with Crippen LogP contribution < -0.4 is 5.73 Å². The summed E-state index contributed by atoms with van der Waals surface area (Å²) in [6, 6.07) is 4.47. The van der Waals surface area contributed by atoms with Crippen LogP contribution in [0.2, 0.25) is 5.02 Å². The number of benzene rings is 1. The largest absolute Gasteiger partial charge is 0.388 e. The van der Waals surface area contributed by atoms with Crippen LogP contribution in [0.5, 0.6) is 0 Å². The number of hydrogen-bond donors (Lipinski definition) is 2. The average molecular weight is 272 g/mol. The summed E-state index contributed by atoms with van der Waals surface area (Å²) in [4.78, 5) is 0. The maximum Gasteiger partial charge on any atom is 0.130 e. The van der Waals surface area contributed by atoms with Crippen molar-refractivity contribution in [2.75, 3.05) is 6.54 Å². The van der Waals surface area contributed by atoms with E-state index in [1.54, 1.807) is 12.1 Å². The van der Waals surface area contributed by atoms with Gasteiger partial charge in [0.15, 0.2) is 0 Å². The van der Waals surface area contributed by atoms with E-state index in [0.29, 0.717) is 12.5 Å². The number of hydrogen-bond acceptors (Lipinski definition) is 2. The Morgan fingerprint density at radius 1 is 1.61 bits per heavy atom. The number of aliphatic hydroxyl groups excluding tert-OH is 1. The molecular formula is C14H19ClFNO. The summed E-state index contributed by atoms with van der Waals surface area (Å²) in [5.41, 5.74) is 5.60. The van der Waals surface area contributed by atoms with Crippen LogP contribution in [0.3, 0.4) is 0 Å². The molecule has 4 heteroatoms. The molecule has 100 valence electrons. The third-order valence-electron chi connectivity index (χ3n) is 4.15. The molecular weight excluding hydrogens is 253 g/mol. The van der Waals surface area contributed by atoms with E-state index in [-0.39, 0.29) is 10.6 Å². The minimum Gasteiger partial charge on any atom is -0.388 e. The number of nitrogens with two attached hydrogens (primary N) is 1. The highest BCUT2D eigenvalue weighted by Gasteiger charge is 2.44. The summed E-state index contributed by atoms with van der Waals surface area (Å²) < 4.78 is 13.9. The predicted molar refractivity (Wildman–Crippen MR) is 70.9 cm³/mol. The molecule has 1 fully saturated rings. The van der Waals surface area contributed by atoms with Crippen molar-refractivity contribution < 1.29 is 9.50 Å². The molecule has 0 spiro atoms. The summed E-state index contributed by atoms with van der Waals surface area (Å²) >= 11 is 6.02. The Morgan fingerprint density at radius 3 is 2.83 bits per heavy atom. The minimum absolute atomic E-state index is 0.193. The number of aliphatic hydroxyl groups is 1. The molecule has 2 nitrogen and oxygen atoms in total. The fourth-order valence-corrected chi connectivity index (χ4v) is 3.32. The fourth-order valence-electron chi connectivity index (χ4n) is 3.06. The van der Waals surface area contributed by atoms with E-state index < -0.39 is 17.3 Å². The summed E-state index contributed by atoms with van der Waals surface area (Å²) in [5.74, 6) is 0.0520. The topological polar surface area (TPSA) is 46.2 Å². The maximum absolute atomic E-state index is 13.9. The van der Waals surface area contributed by atoms with Crippen LogP contribution in [-0.4, -0.2) is 11.7 Å². The Kier molecular flexibility index (Phi) is 3.95. The highest BCUT2D eigenvalue weighted by Crippen LogP contribution is 2.50. The van der Waals surface area contributed by atoms with E-state index in [1.807, 2.05) is 0 Å². The SMILES string of the molecule is CC1CCC(CN)(C(O)c2c(F)cccc2Cl)C1. The zero-order valence-electron chi connectivity index (χ0n) is 10.5. The van der Waals surface area contributed by atoms with E-state index in [2.05, 4.69) is 6.92 Å². The van der Waals surface area contributed by atoms with Crippen molar-refractivity contribution in [1.29, 1.82) is 0 Å². The lowest BCUT2D eigenvalue weighted by molar-refractivity contribution is 0.0282. The highest BCUT2D eigenvalue weighted by molar-refractivity contribution is 6.31. The van der Waals surface area contributed by atoms with Crippen LogP contribution in [-0.2, 0) is 0 Å². The Balaban J connectivity index is 2.38. The van der Waals surface area contributed by atoms with Crippen molar-refractivity contribution in [3.05, 3.63) is 34.6 Å². The summed E-state index contributed by atoms with van der Waals surface area (Å²) in [6.07, 6.45) is 1.72. The monoisotopic (exact) mass is 271 g/mol. The maximum atomic E-state index is 13.9. The molecule has 1 aromatic rings. The highest BCUT2D eigenvalue weighted by atomic mass is 35.5. The third-order valence-corrected chi connectivity index (χ3v) is 4.48. The minimum atomic E-state index is -0.929. The van der Waals surface area contributed by atoms with Crippen molar-refractivity contribution >= 4 is 11.6 Å². The van der Waals surface area contributed by atoms with Gasteiger partial charge in [-0.1, -0.05) is 31.0 Å². The molecule has 0 aliphatic heterocycles. The average Bonchev–Trinajstić information content (AvgIpc) is 2.72. The lowest BCUT2D eigenvalue weighted by Crippen LogP contribution is -2.35. The molecule has 0 aromatic heterocycles. The van der Waals surface area contributed by atoms with Gasteiger partial charge < -0.3 is 10.8 Å². The smallest absolute Gasteiger partial charge is 0.130 e. The first kappa shape index (κ1) is 13.8. The quantitative estimate of drug-likeness (QED) is 0.886. The molecule has 18 heavy (non-hydrogen) atoms. The normalized spacial score (nSPS) is 29.5. The summed E-state index contributed by atoms with van der Waals surface area (Å²) in [7, 11) is 0. The van der Waals surface area contributed by atoms with E-state index in [4.69, 9.17) is 17.3 Å². The van der Waals surface area contributed by atoms with Crippen molar-refractivity contribution in [1.82, 2.24) is 0 Å². The second kappa shape index (κ2) is 5.16. The molecule has 1 aliphatic carbocycles. The van der Waals surface area contributed by atoms with Gasteiger partial charge in [0.2, 0.25) is 0 Å². The molecule has 0 saturated heterocycles. The van der Waals surface area contributed by atoms with Crippen LogP contribution in [0.4, 0.5) is 4.39 Å². The molecule has 3 N–H and O–H groups in total. The molecule has 0 radical (unpaired) electrons. The zero-order valence-corrected chi connectivity index (χ0v) is 11.3. The van der Waals surface area contributed by atoms with Crippen molar-refractivity contribution in [3.63, 3.8) is 0 Å². The Bertz CT molecular complexity index is 420. The number of halogens is 2. The molecule has 0 bridgehead atoms. The van der Waals surface area contributed by atoms with Crippen LogP contribution in [0.1, 0.15) is 37.9 Å². The molecule has 0 heterocycles. The fraction of sp³-hybridized carbons (Fsp3) is 0.571. The van der Waals surface area contributed by atoms with E-state index >= 15 is 0 Å². The zero-order chi connectivity index (χ0) is 13.3. The molecule has 1 aromatic carbocycles. The van der Waals surface area contributed by atoms with Gasteiger partial charge in [-0.2, -0.15) is 0 Å². The van der Waals surface area contributed by atoms with E-state index in [0.717, 1.165) is 19.3 Å². The number of rotatable bonds is 3. The Labute approximate surface area is 112 Å². The van der Waals surface area contributed by atoms with Gasteiger partial charge in [-0.15, -0.1) is 0 Å². The first-order chi connectivity index (χ1) is 8.50. The predicted octanol–water partition coefficient (Wildman–Crippen LogP) is 3.28.